The van der Waals surface area contributed by atoms with Gasteiger partial charge in [-0.2, -0.15) is 0 Å². The van der Waals surface area contributed by atoms with Crippen molar-refractivity contribution >= 4 is 11.8 Å². The Morgan fingerprint density at radius 3 is 2.53 bits per heavy atom. The molecule has 34 heavy (non-hydrogen) atoms. The molecule has 4 atom stereocenters. The number of methoxy groups -OCH3 is 1. The molecule has 2 amide bonds. The lowest BCUT2D eigenvalue weighted by atomic mass is 10.0. The molecule has 3 heterocycles. The Kier molecular flexibility index (Phi) is 6.15. The summed E-state index contributed by atoms with van der Waals surface area (Å²) in [5, 5.41) is 12.9. The summed E-state index contributed by atoms with van der Waals surface area (Å²) >= 11 is 0. The number of amides is 2. The van der Waals surface area contributed by atoms with Gasteiger partial charge in [-0.1, -0.05) is 0 Å². The SMILES string of the molecule is CO[C@H]1C[C@H](F)[C@H](C)N2C[C@H]1n1cc(C(=O)NCc3c(F)cc(C)cc3F)c(=O)c(O)c1C2=O. The highest BCUT2D eigenvalue weighted by molar-refractivity contribution is 5.99. The molecule has 0 unspecified atom stereocenters. The van der Waals surface area contributed by atoms with Crippen LogP contribution in [0.1, 0.15) is 51.4 Å². The van der Waals surface area contributed by atoms with Gasteiger partial charge in [-0.05, 0) is 31.5 Å². The van der Waals surface area contributed by atoms with E-state index in [0.29, 0.717) is 5.56 Å². The van der Waals surface area contributed by atoms with Gasteiger partial charge >= 0.3 is 0 Å². The van der Waals surface area contributed by atoms with Gasteiger partial charge in [-0.25, -0.2) is 13.2 Å². The van der Waals surface area contributed by atoms with Crippen LogP contribution in [-0.2, 0) is 11.3 Å². The molecule has 0 radical (unpaired) electrons. The number of fused-ring (bicyclic) bond motifs is 4. The number of aromatic nitrogens is 1. The predicted molar refractivity (Wildman–Crippen MR) is 114 cm³/mol. The molecule has 1 fully saturated rings. The maximum atomic E-state index is 14.7. The normalized spacial score (nSPS) is 23.9. The number of carbonyl (C=O) groups is 2. The van der Waals surface area contributed by atoms with Gasteiger partial charge in [0.15, 0.2) is 11.4 Å². The number of nitrogens with one attached hydrogen (secondary N) is 1. The quantitative estimate of drug-likeness (QED) is 0.701. The summed E-state index contributed by atoms with van der Waals surface area (Å²) < 4.78 is 49.6. The highest BCUT2D eigenvalue weighted by Crippen LogP contribution is 2.36. The smallest absolute Gasteiger partial charge is 0.274 e. The number of hydrogen-bond donors (Lipinski definition) is 2. The van der Waals surface area contributed by atoms with Gasteiger partial charge in [0.25, 0.3) is 11.8 Å². The van der Waals surface area contributed by atoms with Crippen molar-refractivity contribution in [2.75, 3.05) is 13.7 Å². The summed E-state index contributed by atoms with van der Waals surface area (Å²) in [5.74, 6) is -4.41. The van der Waals surface area contributed by atoms with E-state index < -0.39 is 76.7 Å². The lowest BCUT2D eigenvalue weighted by Gasteiger charge is -2.38. The number of rotatable bonds is 4. The van der Waals surface area contributed by atoms with Gasteiger partial charge in [0, 0.05) is 38.4 Å². The van der Waals surface area contributed by atoms with Gasteiger partial charge in [-0.3, -0.25) is 14.4 Å². The van der Waals surface area contributed by atoms with Gasteiger partial charge in [-0.15, -0.1) is 0 Å². The fourth-order valence-corrected chi connectivity index (χ4v) is 4.60. The van der Waals surface area contributed by atoms with E-state index in [1.165, 1.54) is 30.4 Å². The average molecular weight is 479 g/mol. The highest BCUT2D eigenvalue weighted by atomic mass is 19.1. The number of ether oxygens (including phenoxy) is 1. The zero-order valence-corrected chi connectivity index (χ0v) is 18.8. The Morgan fingerprint density at radius 2 is 1.91 bits per heavy atom. The van der Waals surface area contributed by atoms with Crippen LogP contribution in [0, 0.1) is 18.6 Å². The first-order valence-electron chi connectivity index (χ1n) is 10.7. The van der Waals surface area contributed by atoms with Crippen molar-refractivity contribution in [2.45, 2.75) is 51.2 Å². The summed E-state index contributed by atoms with van der Waals surface area (Å²) in [6.07, 6.45) is -1.04. The maximum Gasteiger partial charge on any atom is 0.274 e. The van der Waals surface area contributed by atoms with Crippen molar-refractivity contribution < 1.29 is 32.6 Å². The summed E-state index contributed by atoms with van der Waals surface area (Å²) in [5.41, 5.74) is -2.04. The average Bonchev–Trinajstić information content (AvgIpc) is 2.88. The lowest BCUT2D eigenvalue weighted by molar-refractivity contribution is 0.0314. The Balaban J connectivity index is 1.73. The number of halogens is 3. The topological polar surface area (TPSA) is 101 Å². The molecule has 1 saturated heterocycles. The first kappa shape index (κ1) is 23.8. The third-order valence-electron chi connectivity index (χ3n) is 6.58. The van der Waals surface area contributed by atoms with Crippen molar-refractivity contribution in [1.29, 1.82) is 0 Å². The van der Waals surface area contributed by atoms with Gasteiger partial charge in [0.1, 0.15) is 23.4 Å². The summed E-state index contributed by atoms with van der Waals surface area (Å²) in [6, 6.07) is 0.738. The zero-order valence-electron chi connectivity index (χ0n) is 18.8. The fraction of sp³-hybridized carbons (Fsp3) is 0.435. The summed E-state index contributed by atoms with van der Waals surface area (Å²) in [4.78, 5) is 39.8. The van der Waals surface area contributed by atoms with Crippen molar-refractivity contribution in [3.63, 3.8) is 0 Å². The van der Waals surface area contributed by atoms with Crippen LogP contribution in [0.4, 0.5) is 13.2 Å². The number of aryl methyl sites for hydroxylation is 1. The van der Waals surface area contributed by atoms with Crippen LogP contribution >= 0.6 is 0 Å². The van der Waals surface area contributed by atoms with Crippen LogP contribution in [0.2, 0.25) is 0 Å². The number of carbonyl (C=O) groups excluding carboxylic acids is 2. The molecule has 2 bridgehead atoms. The van der Waals surface area contributed by atoms with Gasteiger partial charge < -0.3 is 24.6 Å². The van der Waals surface area contributed by atoms with Gasteiger partial charge in [0.05, 0.1) is 18.2 Å². The molecule has 2 N–H and O–H groups in total. The van der Waals surface area contributed by atoms with E-state index in [9.17, 15) is 32.7 Å². The van der Waals surface area contributed by atoms with E-state index in [0.717, 1.165) is 18.3 Å². The number of aromatic hydroxyl groups is 1. The number of nitrogens with zero attached hydrogens (tertiary/aromatic N) is 2. The number of alkyl halides is 1. The third kappa shape index (κ3) is 3.83. The minimum absolute atomic E-state index is 0.0358. The van der Waals surface area contributed by atoms with Crippen molar-refractivity contribution in [2.24, 2.45) is 0 Å². The Hall–Kier alpha value is -3.34. The number of hydrogen-bond acceptors (Lipinski definition) is 5. The van der Waals surface area contributed by atoms with Crippen LogP contribution < -0.4 is 10.7 Å². The van der Waals surface area contributed by atoms with Crippen LogP contribution in [0.25, 0.3) is 0 Å². The molecule has 1 aromatic carbocycles. The minimum atomic E-state index is -1.40. The molecule has 0 spiro atoms. The molecule has 1 aromatic heterocycles. The molecular weight excluding hydrogens is 455 g/mol. The lowest BCUT2D eigenvalue weighted by Crippen LogP contribution is -2.50. The van der Waals surface area contributed by atoms with Crippen LogP contribution in [0.15, 0.2) is 23.1 Å². The second kappa shape index (κ2) is 8.79. The Bertz CT molecular complexity index is 1210. The van der Waals surface area contributed by atoms with E-state index in [4.69, 9.17) is 4.74 Å². The maximum absolute atomic E-state index is 14.7. The largest absolute Gasteiger partial charge is 0.503 e. The number of benzene rings is 1. The van der Waals surface area contributed by atoms with Gasteiger partial charge in [0.2, 0.25) is 5.43 Å². The molecule has 2 aliphatic rings. The fourth-order valence-electron chi connectivity index (χ4n) is 4.60. The second-order valence-electron chi connectivity index (χ2n) is 8.66. The molecule has 0 aliphatic carbocycles. The summed E-state index contributed by atoms with van der Waals surface area (Å²) in [6.45, 7) is 2.56. The highest BCUT2D eigenvalue weighted by Gasteiger charge is 2.46. The summed E-state index contributed by atoms with van der Waals surface area (Å²) in [7, 11) is 1.38. The van der Waals surface area contributed by atoms with Crippen LogP contribution in [0.3, 0.4) is 0 Å². The molecule has 8 nitrogen and oxygen atoms in total. The standard InChI is InChI=1S/C23H24F3N3O5/c1-10-4-15(25)12(16(26)5-10)7-27-22(32)13-8-29-17-9-28(11(2)14(24)6-18(17)34-3)23(33)19(29)21(31)20(13)30/h4-5,8,11,14,17-18,31H,6-7,9H2,1-3H3,(H,27,32)/t11-,14-,17+,18-/m0/s1. The van der Waals surface area contributed by atoms with E-state index in [1.54, 1.807) is 0 Å². The molecule has 11 heteroatoms. The van der Waals surface area contributed by atoms with Crippen molar-refractivity contribution in [1.82, 2.24) is 14.8 Å². The van der Waals surface area contributed by atoms with E-state index >= 15 is 0 Å². The predicted octanol–water partition coefficient (Wildman–Crippen LogP) is 2.21. The second-order valence-corrected chi connectivity index (χ2v) is 8.66. The monoisotopic (exact) mass is 479 g/mol. The van der Waals surface area contributed by atoms with E-state index in [-0.39, 0.29) is 18.7 Å². The molecule has 182 valence electrons. The Morgan fingerprint density at radius 1 is 1.26 bits per heavy atom. The molecular formula is C23H24F3N3O5. The van der Waals surface area contributed by atoms with Crippen molar-refractivity contribution in [3.05, 3.63) is 62.6 Å². The van der Waals surface area contributed by atoms with Crippen molar-refractivity contribution in [3.8, 4) is 5.75 Å². The molecule has 2 aromatic rings. The third-order valence-corrected chi connectivity index (χ3v) is 6.58. The van der Waals surface area contributed by atoms with Crippen LogP contribution in [0.5, 0.6) is 5.75 Å². The van der Waals surface area contributed by atoms with E-state index in [2.05, 4.69) is 5.32 Å². The number of pyridine rings is 1. The minimum Gasteiger partial charge on any atom is -0.503 e. The zero-order chi connectivity index (χ0) is 24.9. The molecule has 4 rings (SSSR count). The molecule has 2 aliphatic heterocycles. The Labute approximate surface area is 192 Å². The molecule has 0 saturated carbocycles. The van der Waals surface area contributed by atoms with E-state index in [1.807, 2.05) is 0 Å². The van der Waals surface area contributed by atoms with Crippen LogP contribution in [-0.4, -0.2) is 58.4 Å². The first-order chi connectivity index (χ1) is 16.0. The first-order valence-corrected chi connectivity index (χ1v) is 10.7.